The van der Waals surface area contributed by atoms with Gasteiger partial charge in [0.2, 0.25) is 0 Å². The molecule has 8 heteroatoms. The molecular weight excluding hydrogens is 308 g/mol. The Labute approximate surface area is 130 Å². The molecule has 2 rings (SSSR count). The molecule has 1 aromatic rings. The first-order valence-electron chi connectivity index (χ1n) is 6.89. The molecule has 0 aromatic carbocycles. The van der Waals surface area contributed by atoms with Crippen LogP contribution in [0.15, 0.2) is 0 Å². The van der Waals surface area contributed by atoms with Crippen LogP contribution in [0.25, 0.3) is 0 Å². The quantitative estimate of drug-likeness (QED) is 0.896. The number of nitrogen functional groups attached to an aromatic ring is 1. The molecule has 1 aromatic heterocycles. The smallest absolute Gasteiger partial charge is 0.169 e. The number of thioether (sulfide) groups is 1. The summed E-state index contributed by atoms with van der Waals surface area (Å²) in [6, 6.07) is 0. The minimum atomic E-state index is -3.18. The van der Waals surface area contributed by atoms with Gasteiger partial charge in [-0.15, -0.1) is 0 Å². The molecule has 1 fully saturated rings. The van der Waals surface area contributed by atoms with Gasteiger partial charge in [0.1, 0.15) is 22.8 Å². The van der Waals surface area contributed by atoms with Crippen molar-refractivity contribution >= 4 is 33.2 Å². The first kappa shape index (κ1) is 16.4. The Morgan fingerprint density at radius 3 is 2.62 bits per heavy atom. The molecule has 2 N–H and O–H groups in total. The maximum absolute atomic E-state index is 12.1. The van der Waals surface area contributed by atoms with Gasteiger partial charge in [-0.25, -0.2) is 18.4 Å². The second-order valence-electron chi connectivity index (χ2n) is 5.62. The van der Waals surface area contributed by atoms with E-state index in [9.17, 15) is 8.42 Å². The summed E-state index contributed by atoms with van der Waals surface area (Å²) in [4.78, 5) is 10.7. The maximum atomic E-state index is 12.1. The van der Waals surface area contributed by atoms with Crippen LogP contribution in [0.5, 0.6) is 0 Å². The van der Waals surface area contributed by atoms with Gasteiger partial charge in [0.15, 0.2) is 9.84 Å². The predicted octanol–water partition coefficient (Wildman–Crippen LogP) is 1.41. The molecule has 0 saturated carbocycles. The fraction of sp³-hybridized carbons (Fsp3) is 0.692. The summed E-state index contributed by atoms with van der Waals surface area (Å²) in [6.45, 7) is 6.48. The highest BCUT2D eigenvalue weighted by Gasteiger charge is 2.33. The second kappa shape index (κ2) is 6.00. The Morgan fingerprint density at radius 2 is 2.05 bits per heavy atom. The molecule has 0 spiro atoms. The van der Waals surface area contributed by atoms with Crippen LogP contribution in [0, 0.1) is 6.92 Å². The lowest BCUT2D eigenvalue weighted by atomic mass is 10.2. The van der Waals surface area contributed by atoms with Gasteiger partial charge in [0.25, 0.3) is 0 Å². The highest BCUT2D eigenvalue weighted by atomic mass is 32.2. The normalized spacial score (nSPS) is 20.0. The Balaban J connectivity index is 2.52. The lowest BCUT2D eigenvalue weighted by molar-refractivity contribution is 0.583. The zero-order chi connectivity index (χ0) is 15.8. The third-order valence-electron chi connectivity index (χ3n) is 3.54. The van der Waals surface area contributed by atoms with Gasteiger partial charge in [0, 0.05) is 35.8 Å². The molecule has 1 unspecified atom stereocenters. The first-order valence-corrected chi connectivity index (χ1v) is 10.00. The molecule has 1 saturated heterocycles. The van der Waals surface area contributed by atoms with Gasteiger partial charge in [-0.05, 0) is 6.92 Å². The third-order valence-corrected chi connectivity index (χ3v) is 6.19. The van der Waals surface area contributed by atoms with Crippen molar-refractivity contribution in [3.8, 4) is 0 Å². The first-order chi connectivity index (χ1) is 9.71. The Bertz CT molecular complexity index is 631. The van der Waals surface area contributed by atoms with Crippen LogP contribution in [-0.2, 0) is 9.84 Å². The molecule has 0 amide bonds. The summed E-state index contributed by atoms with van der Waals surface area (Å²) >= 11 is 1.65. The highest BCUT2D eigenvalue weighted by Crippen LogP contribution is 2.30. The van der Waals surface area contributed by atoms with E-state index in [4.69, 9.17) is 5.73 Å². The molecule has 2 heterocycles. The highest BCUT2D eigenvalue weighted by molar-refractivity contribution is 8.01. The van der Waals surface area contributed by atoms with E-state index in [0.29, 0.717) is 29.8 Å². The van der Waals surface area contributed by atoms with E-state index in [1.54, 1.807) is 11.8 Å². The fourth-order valence-corrected chi connectivity index (χ4v) is 5.07. The summed E-state index contributed by atoms with van der Waals surface area (Å²) in [6.07, 6.45) is 1.28. The van der Waals surface area contributed by atoms with Crippen LogP contribution < -0.4 is 10.6 Å². The van der Waals surface area contributed by atoms with Crippen LogP contribution in [0.4, 0.5) is 11.6 Å². The van der Waals surface area contributed by atoms with Crippen LogP contribution in [0.1, 0.15) is 31.2 Å². The van der Waals surface area contributed by atoms with Crippen molar-refractivity contribution in [3.05, 3.63) is 11.4 Å². The number of anilines is 2. The minimum Gasteiger partial charge on any atom is -0.383 e. The van der Waals surface area contributed by atoms with Crippen molar-refractivity contribution in [1.29, 1.82) is 0 Å². The molecule has 118 valence electrons. The molecular formula is C13H22N4O2S2. The van der Waals surface area contributed by atoms with E-state index in [1.165, 1.54) is 6.26 Å². The molecule has 6 nitrogen and oxygen atoms in total. The van der Waals surface area contributed by atoms with Crippen LogP contribution in [-0.4, -0.2) is 48.1 Å². The number of hydrogen-bond acceptors (Lipinski definition) is 7. The molecule has 1 atom stereocenters. The predicted molar refractivity (Wildman–Crippen MR) is 88.6 cm³/mol. The van der Waals surface area contributed by atoms with Crippen molar-refractivity contribution in [2.75, 3.05) is 34.9 Å². The lowest BCUT2D eigenvalue weighted by Crippen LogP contribution is -2.47. The summed E-state index contributed by atoms with van der Waals surface area (Å²) < 4.78 is 24.1. The van der Waals surface area contributed by atoms with Gasteiger partial charge < -0.3 is 10.6 Å². The van der Waals surface area contributed by atoms with Crippen LogP contribution in [0.2, 0.25) is 0 Å². The number of nitrogens with zero attached hydrogens (tertiary/aromatic N) is 3. The zero-order valence-corrected chi connectivity index (χ0v) is 14.5. The number of rotatable bonds is 3. The van der Waals surface area contributed by atoms with Gasteiger partial charge in [-0.1, -0.05) is 13.8 Å². The van der Waals surface area contributed by atoms with E-state index in [1.807, 2.05) is 25.7 Å². The van der Waals surface area contributed by atoms with Crippen LogP contribution in [0.3, 0.4) is 0 Å². The number of sulfone groups is 1. The average Bonchev–Trinajstić information content (AvgIpc) is 2.40. The molecule has 0 bridgehead atoms. The summed E-state index contributed by atoms with van der Waals surface area (Å²) in [5.74, 6) is 3.31. The van der Waals surface area contributed by atoms with Crippen molar-refractivity contribution in [2.45, 2.75) is 32.1 Å². The SMILES string of the molecule is Cc1c(N)nc(C(C)C)nc1N1CCSCC1S(C)(=O)=O. The molecule has 1 aliphatic rings. The van der Waals surface area contributed by atoms with Gasteiger partial charge in [-0.2, -0.15) is 11.8 Å². The standard InChI is InChI=1S/C13H22N4O2S2/c1-8(2)12-15-11(14)9(3)13(16-12)17-5-6-20-7-10(17)21(4,18)19/h8,10H,5-7H2,1-4H3,(H2,14,15,16). The van der Waals surface area contributed by atoms with E-state index in [-0.39, 0.29) is 5.92 Å². The Hall–Kier alpha value is -1.02. The van der Waals surface area contributed by atoms with Crippen molar-refractivity contribution < 1.29 is 8.42 Å². The molecule has 0 aliphatic carbocycles. The van der Waals surface area contributed by atoms with E-state index in [2.05, 4.69) is 9.97 Å². The summed E-state index contributed by atoms with van der Waals surface area (Å²) in [7, 11) is -3.18. The summed E-state index contributed by atoms with van der Waals surface area (Å²) in [5.41, 5.74) is 6.74. The van der Waals surface area contributed by atoms with E-state index < -0.39 is 15.2 Å². The van der Waals surface area contributed by atoms with Crippen molar-refractivity contribution in [3.63, 3.8) is 0 Å². The number of nitrogens with two attached hydrogens (primary N) is 1. The van der Waals surface area contributed by atoms with Gasteiger partial charge in [-0.3, -0.25) is 0 Å². The van der Waals surface area contributed by atoms with Crippen molar-refractivity contribution in [1.82, 2.24) is 9.97 Å². The molecule has 0 radical (unpaired) electrons. The van der Waals surface area contributed by atoms with E-state index in [0.717, 1.165) is 11.3 Å². The van der Waals surface area contributed by atoms with Gasteiger partial charge in [0.05, 0.1) is 0 Å². The average molecular weight is 330 g/mol. The minimum absolute atomic E-state index is 0.141. The monoisotopic (exact) mass is 330 g/mol. The third kappa shape index (κ3) is 3.42. The largest absolute Gasteiger partial charge is 0.383 e. The zero-order valence-electron chi connectivity index (χ0n) is 12.8. The Morgan fingerprint density at radius 1 is 1.38 bits per heavy atom. The molecule has 21 heavy (non-hydrogen) atoms. The van der Waals surface area contributed by atoms with E-state index >= 15 is 0 Å². The number of hydrogen-bond donors (Lipinski definition) is 1. The lowest BCUT2D eigenvalue weighted by Gasteiger charge is -2.36. The van der Waals surface area contributed by atoms with Crippen LogP contribution >= 0.6 is 11.8 Å². The maximum Gasteiger partial charge on any atom is 0.169 e. The second-order valence-corrected chi connectivity index (χ2v) is 8.98. The fourth-order valence-electron chi connectivity index (χ4n) is 2.26. The van der Waals surface area contributed by atoms with Gasteiger partial charge >= 0.3 is 0 Å². The Kier molecular flexibility index (Phi) is 4.67. The van der Waals surface area contributed by atoms with Crippen molar-refractivity contribution in [2.24, 2.45) is 0 Å². The number of aromatic nitrogens is 2. The molecule has 1 aliphatic heterocycles. The summed E-state index contributed by atoms with van der Waals surface area (Å²) in [5, 5.41) is -0.552. The topological polar surface area (TPSA) is 89.2 Å².